The molecule has 72 valence electrons. The summed E-state index contributed by atoms with van der Waals surface area (Å²) in [6.07, 6.45) is 1.52. The zero-order valence-corrected chi connectivity index (χ0v) is 9.15. The van der Waals surface area contributed by atoms with Crippen LogP contribution < -0.4 is 5.32 Å². The van der Waals surface area contributed by atoms with Crippen LogP contribution in [0.1, 0.15) is 5.76 Å². The van der Waals surface area contributed by atoms with Crippen LogP contribution in [0.3, 0.4) is 0 Å². The lowest BCUT2D eigenvalue weighted by Gasteiger charge is -1.88. The highest BCUT2D eigenvalue weighted by atomic mass is 79.9. The highest BCUT2D eigenvalue weighted by molar-refractivity contribution is 9.10. The van der Waals surface area contributed by atoms with E-state index >= 15 is 0 Å². The van der Waals surface area contributed by atoms with Gasteiger partial charge in [-0.2, -0.15) is 0 Å². The predicted octanol–water partition coefficient (Wildman–Crippen LogP) is 2.37. The Kier molecular flexibility index (Phi) is 2.47. The summed E-state index contributed by atoms with van der Waals surface area (Å²) in [5, 5.41) is 1.80. The van der Waals surface area contributed by atoms with Crippen molar-refractivity contribution in [3.05, 3.63) is 27.5 Å². The normalized spacial score (nSPS) is 19.1. The second-order valence-corrected chi connectivity index (χ2v) is 4.29. The van der Waals surface area contributed by atoms with Crippen molar-refractivity contribution < 1.29 is 14.0 Å². The molecule has 2 heterocycles. The zero-order chi connectivity index (χ0) is 10.1. The molecule has 2 rings (SSSR count). The van der Waals surface area contributed by atoms with Crippen LogP contribution in [0, 0.1) is 0 Å². The summed E-state index contributed by atoms with van der Waals surface area (Å²) in [4.78, 5) is 22.3. The van der Waals surface area contributed by atoms with Gasteiger partial charge in [0.25, 0.3) is 11.1 Å². The molecule has 1 aliphatic rings. The van der Waals surface area contributed by atoms with Crippen LogP contribution >= 0.6 is 27.7 Å². The highest BCUT2D eigenvalue weighted by Crippen LogP contribution is 2.26. The Morgan fingerprint density at radius 1 is 1.43 bits per heavy atom. The molecule has 14 heavy (non-hydrogen) atoms. The predicted molar refractivity (Wildman–Crippen MR) is 55.5 cm³/mol. The molecule has 1 aromatic heterocycles. The number of carbonyl (C=O) groups excluding carboxylic acids is 2. The third kappa shape index (κ3) is 1.91. The molecule has 0 spiro atoms. The van der Waals surface area contributed by atoms with Gasteiger partial charge in [0.1, 0.15) is 5.76 Å². The third-order valence-electron chi connectivity index (χ3n) is 1.51. The first kappa shape index (κ1) is 9.54. The van der Waals surface area contributed by atoms with E-state index < -0.39 is 0 Å². The SMILES string of the molecule is O=C1NC(=O)/C(=C\c2ccc(Br)o2)S1. The Morgan fingerprint density at radius 2 is 2.21 bits per heavy atom. The number of halogens is 1. The minimum absolute atomic E-state index is 0.344. The van der Waals surface area contributed by atoms with Crippen molar-refractivity contribution in [1.82, 2.24) is 5.32 Å². The van der Waals surface area contributed by atoms with Gasteiger partial charge in [0.15, 0.2) is 4.67 Å². The quantitative estimate of drug-likeness (QED) is 0.799. The zero-order valence-electron chi connectivity index (χ0n) is 6.74. The summed E-state index contributed by atoms with van der Waals surface area (Å²) in [7, 11) is 0. The van der Waals surface area contributed by atoms with Crippen LogP contribution in [0.4, 0.5) is 4.79 Å². The minimum atomic E-state index is -0.382. The summed E-state index contributed by atoms with van der Waals surface area (Å²) in [6.45, 7) is 0. The molecule has 1 saturated heterocycles. The van der Waals surface area contributed by atoms with E-state index in [1.165, 1.54) is 6.08 Å². The fourth-order valence-electron chi connectivity index (χ4n) is 0.956. The van der Waals surface area contributed by atoms with Gasteiger partial charge < -0.3 is 4.42 Å². The number of rotatable bonds is 1. The maximum atomic E-state index is 11.1. The summed E-state index contributed by atoms with van der Waals surface area (Å²) in [5.41, 5.74) is 0. The largest absolute Gasteiger partial charge is 0.450 e. The van der Waals surface area contributed by atoms with Crippen LogP contribution in [-0.4, -0.2) is 11.1 Å². The standard InChI is InChI=1S/C8H4BrNO3S/c9-6-2-1-4(13-6)3-5-7(11)10-8(12)14-5/h1-3H,(H,10,11,12)/b5-3+. The van der Waals surface area contributed by atoms with Crippen LogP contribution in [0.2, 0.25) is 0 Å². The van der Waals surface area contributed by atoms with Gasteiger partial charge in [-0.1, -0.05) is 0 Å². The average molecular weight is 274 g/mol. The van der Waals surface area contributed by atoms with Gasteiger partial charge in [0.05, 0.1) is 4.91 Å². The first-order chi connectivity index (χ1) is 6.65. The molecular formula is C8H4BrNO3S. The van der Waals surface area contributed by atoms with Gasteiger partial charge in [-0.3, -0.25) is 14.9 Å². The maximum Gasteiger partial charge on any atom is 0.290 e. The lowest BCUT2D eigenvalue weighted by atomic mass is 10.4. The molecule has 4 nitrogen and oxygen atoms in total. The minimum Gasteiger partial charge on any atom is -0.450 e. The van der Waals surface area contributed by atoms with E-state index in [-0.39, 0.29) is 11.1 Å². The Hall–Kier alpha value is -1.01. The Labute approximate surface area is 91.9 Å². The monoisotopic (exact) mass is 273 g/mol. The van der Waals surface area contributed by atoms with E-state index in [2.05, 4.69) is 21.2 Å². The van der Waals surface area contributed by atoms with Crippen molar-refractivity contribution in [2.45, 2.75) is 0 Å². The van der Waals surface area contributed by atoms with Crippen LogP contribution in [0.5, 0.6) is 0 Å². The summed E-state index contributed by atoms with van der Waals surface area (Å²) >= 11 is 4.00. The van der Waals surface area contributed by atoms with Gasteiger partial charge >= 0.3 is 0 Å². The molecule has 1 aliphatic heterocycles. The second kappa shape index (κ2) is 3.62. The summed E-state index contributed by atoms with van der Waals surface area (Å²) < 4.78 is 5.75. The van der Waals surface area contributed by atoms with Gasteiger partial charge in [0, 0.05) is 6.08 Å². The third-order valence-corrected chi connectivity index (χ3v) is 2.75. The maximum absolute atomic E-state index is 11.1. The van der Waals surface area contributed by atoms with Crippen LogP contribution in [0.15, 0.2) is 26.1 Å². The fraction of sp³-hybridized carbons (Fsp3) is 0. The van der Waals surface area contributed by atoms with Gasteiger partial charge in [0.2, 0.25) is 0 Å². The molecule has 1 aromatic rings. The number of furan rings is 1. The van der Waals surface area contributed by atoms with E-state index in [9.17, 15) is 9.59 Å². The van der Waals surface area contributed by atoms with E-state index in [1.807, 2.05) is 0 Å². The highest BCUT2D eigenvalue weighted by Gasteiger charge is 2.25. The molecule has 1 fully saturated rings. The van der Waals surface area contributed by atoms with E-state index in [4.69, 9.17) is 4.42 Å². The molecule has 0 aliphatic carbocycles. The van der Waals surface area contributed by atoms with E-state index in [0.717, 1.165) is 11.8 Å². The first-order valence-electron chi connectivity index (χ1n) is 3.65. The fourth-order valence-corrected chi connectivity index (χ4v) is 1.94. The number of hydrogen-bond acceptors (Lipinski definition) is 4. The smallest absolute Gasteiger partial charge is 0.290 e. The van der Waals surface area contributed by atoms with Crippen LogP contribution in [-0.2, 0) is 4.79 Å². The van der Waals surface area contributed by atoms with Crippen molar-refractivity contribution in [3.8, 4) is 0 Å². The Morgan fingerprint density at radius 3 is 2.71 bits per heavy atom. The number of nitrogens with one attached hydrogen (secondary N) is 1. The van der Waals surface area contributed by atoms with Gasteiger partial charge in [-0.25, -0.2) is 0 Å². The number of carbonyl (C=O) groups is 2. The molecule has 0 unspecified atom stereocenters. The topological polar surface area (TPSA) is 59.3 Å². The molecule has 0 radical (unpaired) electrons. The Bertz CT molecular complexity index is 438. The number of amides is 2. The van der Waals surface area contributed by atoms with E-state index in [1.54, 1.807) is 12.1 Å². The van der Waals surface area contributed by atoms with Gasteiger partial charge in [-0.05, 0) is 39.8 Å². The van der Waals surface area contributed by atoms with E-state index in [0.29, 0.717) is 15.3 Å². The average Bonchev–Trinajstić information content (AvgIpc) is 2.61. The van der Waals surface area contributed by atoms with Crippen LogP contribution in [0.25, 0.3) is 6.08 Å². The molecular weight excluding hydrogens is 270 g/mol. The molecule has 0 bridgehead atoms. The number of hydrogen-bond donors (Lipinski definition) is 1. The lowest BCUT2D eigenvalue weighted by molar-refractivity contribution is -0.115. The van der Waals surface area contributed by atoms with Crippen molar-refractivity contribution >= 4 is 44.9 Å². The van der Waals surface area contributed by atoms with Gasteiger partial charge in [-0.15, -0.1) is 0 Å². The van der Waals surface area contributed by atoms with Crippen molar-refractivity contribution in [3.63, 3.8) is 0 Å². The van der Waals surface area contributed by atoms with Crippen molar-refractivity contribution in [2.75, 3.05) is 0 Å². The Balaban J connectivity index is 2.27. The van der Waals surface area contributed by atoms with Crippen molar-refractivity contribution in [2.24, 2.45) is 0 Å². The number of imide groups is 1. The molecule has 2 amide bonds. The first-order valence-corrected chi connectivity index (χ1v) is 5.26. The molecule has 1 N–H and O–H groups in total. The van der Waals surface area contributed by atoms with Crippen molar-refractivity contribution in [1.29, 1.82) is 0 Å². The number of thioether (sulfide) groups is 1. The second-order valence-electron chi connectivity index (χ2n) is 2.49. The molecule has 0 aromatic carbocycles. The summed E-state index contributed by atoms with van der Waals surface area (Å²) in [6, 6.07) is 3.42. The summed E-state index contributed by atoms with van der Waals surface area (Å²) in [5.74, 6) is 0.150. The molecule has 0 saturated carbocycles. The lowest BCUT2D eigenvalue weighted by Crippen LogP contribution is -2.17. The molecule has 6 heteroatoms. The molecule has 0 atom stereocenters.